The first-order chi connectivity index (χ1) is 10.2. The molecule has 0 spiro atoms. The van der Waals surface area contributed by atoms with Gasteiger partial charge in [0.1, 0.15) is 17.2 Å². The molecule has 1 fully saturated rings. The Balaban J connectivity index is 2.07. The molecule has 1 N–H and O–H groups in total. The Morgan fingerprint density at radius 3 is 2.10 bits per heavy atom. The average Bonchev–Trinajstić information content (AvgIpc) is 2.53. The molecule has 0 atom stereocenters. The fourth-order valence-corrected chi connectivity index (χ4v) is 2.71. The minimum Gasteiger partial charge on any atom is -0.496 e. The van der Waals surface area contributed by atoms with Gasteiger partial charge in [-0.2, -0.15) is 0 Å². The van der Waals surface area contributed by atoms with Crippen molar-refractivity contribution in [2.75, 3.05) is 41.5 Å². The van der Waals surface area contributed by atoms with Crippen LogP contribution in [0.25, 0.3) is 0 Å². The molecule has 0 unspecified atom stereocenters. The largest absolute Gasteiger partial charge is 0.496 e. The molecule has 0 amide bonds. The first-order valence-corrected chi connectivity index (χ1v) is 7.38. The summed E-state index contributed by atoms with van der Waals surface area (Å²) in [5.74, 6) is 2.34. The topological polar surface area (TPSA) is 43.0 Å². The zero-order chi connectivity index (χ0) is 15.2. The number of nitrogens with one attached hydrogen (secondary N) is 1. The quantitative estimate of drug-likeness (QED) is 0.868. The Kier molecular flexibility index (Phi) is 5.70. The highest BCUT2D eigenvalue weighted by atomic mass is 16.5. The summed E-state index contributed by atoms with van der Waals surface area (Å²) in [6.45, 7) is 3.04. The second-order valence-corrected chi connectivity index (χ2v) is 5.47. The summed E-state index contributed by atoms with van der Waals surface area (Å²) < 4.78 is 16.2. The lowest BCUT2D eigenvalue weighted by Crippen LogP contribution is -2.40. The van der Waals surface area contributed by atoms with E-state index in [1.165, 1.54) is 12.8 Å². The van der Waals surface area contributed by atoms with Gasteiger partial charge in [0.2, 0.25) is 0 Å². The third kappa shape index (κ3) is 4.02. The maximum absolute atomic E-state index is 5.48. The summed E-state index contributed by atoms with van der Waals surface area (Å²) in [7, 11) is 7.16. The van der Waals surface area contributed by atoms with Crippen LogP contribution in [0.4, 0.5) is 0 Å². The van der Waals surface area contributed by atoms with E-state index in [1.54, 1.807) is 21.3 Å². The molecule has 21 heavy (non-hydrogen) atoms. The van der Waals surface area contributed by atoms with Gasteiger partial charge in [-0.3, -0.25) is 0 Å². The molecular weight excluding hydrogens is 268 g/mol. The molecule has 0 saturated carbocycles. The van der Waals surface area contributed by atoms with E-state index in [-0.39, 0.29) is 0 Å². The SMILES string of the molecule is COc1cc(OC)c(CNC2CCN(C)CC2)c(OC)c1. The number of hydrogen-bond donors (Lipinski definition) is 1. The zero-order valence-corrected chi connectivity index (χ0v) is 13.4. The minimum atomic E-state index is 0.553. The van der Waals surface area contributed by atoms with Crippen LogP contribution in [0.3, 0.4) is 0 Å². The number of likely N-dealkylation sites (tertiary alicyclic amines) is 1. The maximum atomic E-state index is 5.48. The van der Waals surface area contributed by atoms with Crippen LogP contribution in [0.5, 0.6) is 17.2 Å². The first kappa shape index (κ1) is 15.9. The highest BCUT2D eigenvalue weighted by molar-refractivity contribution is 5.50. The Bertz CT molecular complexity index is 432. The Morgan fingerprint density at radius 2 is 1.62 bits per heavy atom. The fraction of sp³-hybridized carbons (Fsp3) is 0.625. The van der Waals surface area contributed by atoms with Gasteiger partial charge >= 0.3 is 0 Å². The lowest BCUT2D eigenvalue weighted by atomic mass is 10.0. The van der Waals surface area contributed by atoms with Crippen molar-refractivity contribution < 1.29 is 14.2 Å². The van der Waals surface area contributed by atoms with Gasteiger partial charge in [0.25, 0.3) is 0 Å². The molecule has 118 valence electrons. The van der Waals surface area contributed by atoms with E-state index in [4.69, 9.17) is 14.2 Å². The van der Waals surface area contributed by atoms with Crippen molar-refractivity contribution in [1.82, 2.24) is 10.2 Å². The van der Waals surface area contributed by atoms with Crippen LogP contribution in [-0.4, -0.2) is 52.4 Å². The van der Waals surface area contributed by atoms with E-state index in [0.29, 0.717) is 6.04 Å². The van der Waals surface area contributed by atoms with Crippen LogP contribution in [0.1, 0.15) is 18.4 Å². The van der Waals surface area contributed by atoms with E-state index in [9.17, 15) is 0 Å². The van der Waals surface area contributed by atoms with Gasteiger partial charge < -0.3 is 24.4 Å². The molecule has 1 aliphatic heterocycles. The Labute approximate surface area is 127 Å². The van der Waals surface area contributed by atoms with Crippen molar-refractivity contribution in [1.29, 1.82) is 0 Å². The summed E-state index contributed by atoms with van der Waals surface area (Å²) in [5.41, 5.74) is 1.04. The van der Waals surface area contributed by atoms with Crippen LogP contribution >= 0.6 is 0 Å². The number of methoxy groups -OCH3 is 3. The third-order valence-electron chi connectivity index (χ3n) is 4.10. The zero-order valence-electron chi connectivity index (χ0n) is 13.4. The van der Waals surface area contributed by atoms with Gasteiger partial charge in [-0.15, -0.1) is 0 Å². The van der Waals surface area contributed by atoms with Gasteiger partial charge in [0, 0.05) is 24.7 Å². The summed E-state index contributed by atoms with van der Waals surface area (Å²) in [4.78, 5) is 2.37. The number of hydrogen-bond acceptors (Lipinski definition) is 5. The van der Waals surface area contributed by atoms with Crippen LogP contribution in [0, 0.1) is 0 Å². The highest BCUT2D eigenvalue weighted by Gasteiger charge is 2.18. The fourth-order valence-electron chi connectivity index (χ4n) is 2.71. The van der Waals surface area contributed by atoms with Crippen molar-refractivity contribution >= 4 is 0 Å². The number of rotatable bonds is 6. The van der Waals surface area contributed by atoms with Crippen LogP contribution in [0.2, 0.25) is 0 Å². The molecule has 0 aliphatic carbocycles. The standard InChI is InChI=1S/C16H26N2O3/c1-18-7-5-12(6-8-18)17-11-14-15(20-3)9-13(19-2)10-16(14)21-4/h9-10,12,17H,5-8,11H2,1-4H3. The van der Waals surface area contributed by atoms with Crippen molar-refractivity contribution in [3.63, 3.8) is 0 Å². The molecule has 0 radical (unpaired) electrons. The van der Waals surface area contributed by atoms with E-state index < -0.39 is 0 Å². The van der Waals surface area contributed by atoms with Crippen molar-refractivity contribution in [3.05, 3.63) is 17.7 Å². The third-order valence-corrected chi connectivity index (χ3v) is 4.10. The predicted octanol–water partition coefficient (Wildman–Crippen LogP) is 1.90. The Hall–Kier alpha value is -1.46. The number of nitrogens with zero attached hydrogens (tertiary/aromatic N) is 1. The van der Waals surface area contributed by atoms with Crippen LogP contribution in [0.15, 0.2) is 12.1 Å². The molecule has 1 aromatic rings. The van der Waals surface area contributed by atoms with Crippen LogP contribution < -0.4 is 19.5 Å². The molecular formula is C16H26N2O3. The number of benzene rings is 1. The first-order valence-electron chi connectivity index (χ1n) is 7.38. The summed E-state index contributed by atoms with van der Waals surface area (Å²) in [6.07, 6.45) is 2.36. The second kappa shape index (κ2) is 7.52. The summed E-state index contributed by atoms with van der Waals surface area (Å²) in [5, 5.41) is 3.62. The van der Waals surface area contributed by atoms with Gasteiger partial charge in [-0.25, -0.2) is 0 Å². The second-order valence-electron chi connectivity index (χ2n) is 5.47. The van der Waals surface area contributed by atoms with Crippen molar-refractivity contribution in [3.8, 4) is 17.2 Å². The number of piperidine rings is 1. The van der Waals surface area contributed by atoms with Crippen LogP contribution in [-0.2, 0) is 6.54 Å². The van der Waals surface area contributed by atoms with Gasteiger partial charge in [-0.1, -0.05) is 0 Å². The normalized spacial score (nSPS) is 16.8. The lowest BCUT2D eigenvalue weighted by Gasteiger charge is -2.30. The van der Waals surface area contributed by atoms with Gasteiger partial charge in [0.15, 0.2) is 0 Å². The summed E-state index contributed by atoms with van der Waals surface area (Å²) >= 11 is 0. The molecule has 1 aliphatic rings. The molecule has 0 bridgehead atoms. The number of ether oxygens (including phenoxy) is 3. The van der Waals surface area contributed by atoms with E-state index in [2.05, 4.69) is 17.3 Å². The minimum absolute atomic E-state index is 0.553. The molecule has 5 heteroatoms. The molecule has 1 aromatic carbocycles. The Morgan fingerprint density at radius 1 is 1.05 bits per heavy atom. The lowest BCUT2D eigenvalue weighted by molar-refractivity contribution is 0.233. The van der Waals surface area contributed by atoms with E-state index in [0.717, 1.165) is 42.4 Å². The van der Waals surface area contributed by atoms with Gasteiger partial charge in [0.05, 0.1) is 26.9 Å². The van der Waals surface area contributed by atoms with Crippen molar-refractivity contribution in [2.45, 2.75) is 25.4 Å². The molecule has 0 aromatic heterocycles. The van der Waals surface area contributed by atoms with E-state index in [1.807, 2.05) is 12.1 Å². The molecule has 1 saturated heterocycles. The van der Waals surface area contributed by atoms with Crippen molar-refractivity contribution in [2.24, 2.45) is 0 Å². The van der Waals surface area contributed by atoms with Gasteiger partial charge in [-0.05, 0) is 33.0 Å². The summed E-state index contributed by atoms with van der Waals surface area (Å²) in [6, 6.07) is 4.35. The van der Waals surface area contributed by atoms with E-state index >= 15 is 0 Å². The predicted molar refractivity (Wildman–Crippen MR) is 83.5 cm³/mol. The molecule has 1 heterocycles. The monoisotopic (exact) mass is 294 g/mol. The smallest absolute Gasteiger partial charge is 0.130 e. The molecule has 2 rings (SSSR count). The molecule has 5 nitrogen and oxygen atoms in total. The highest BCUT2D eigenvalue weighted by Crippen LogP contribution is 2.34. The maximum Gasteiger partial charge on any atom is 0.130 e. The average molecular weight is 294 g/mol.